The fraction of sp³-hybridized carbons (Fsp3) is 0.667. The molecule has 22 heavy (non-hydrogen) atoms. The van der Waals surface area contributed by atoms with Gasteiger partial charge in [-0.15, -0.1) is 0 Å². The average Bonchev–Trinajstić information content (AvgIpc) is 2.55. The van der Waals surface area contributed by atoms with Gasteiger partial charge in [0.25, 0.3) is 0 Å². The SMILES string of the molecule is CC(C)(C)Oc1ccc(CCB2OC(C)(C)C(C)(C)O2)cc1. The van der Waals surface area contributed by atoms with Crippen molar-refractivity contribution in [1.29, 1.82) is 0 Å². The Morgan fingerprint density at radius 1 is 0.955 bits per heavy atom. The van der Waals surface area contributed by atoms with Gasteiger partial charge in [-0.3, -0.25) is 0 Å². The van der Waals surface area contributed by atoms with E-state index in [-0.39, 0.29) is 23.9 Å². The molecule has 0 radical (unpaired) electrons. The molecular weight excluding hydrogens is 275 g/mol. The first kappa shape index (κ1) is 17.4. The highest BCUT2D eigenvalue weighted by Gasteiger charge is 2.50. The molecule has 1 heterocycles. The summed E-state index contributed by atoms with van der Waals surface area (Å²) in [6.07, 6.45) is 1.80. The van der Waals surface area contributed by atoms with E-state index >= 15 is 0 Å². The van der Waals surface area contributed by atoms with Gasteiger partial charge in [-0.1, -0.05) is 12.1 Å². The van der Waals surface area contributed by atoms with Crippen molar-refractivity contribution >= 4 is 7.12 Å². The number of hydrogen-bond donors (Lipinski definition) is 0. The monoisotopic (exact) mass is 304 g/mol. The summed E-state index contributed by atoms with van der Waals surface area (Å²) in [5, 5.41) is 0. The highest BCUT2D eigenvalue weighted by atomic mass is 16.7. The Hall–Kier alpha value is -0.995. The summed E-state index contributed by atoms with van der Waals surface area (Å²) in [4.78, 5) is 0. The topological polar surface area (TPSA) is 27.7 Å². The number of ether oxygens (including phenoxy) is 1. The molecule has 0 aliphatic carbocycles. The summed E-state index contributed by atoms with van der Waals surface area (Å²) >= 11 is 0. The van der Waals surface area contributed by atoms with E-state index in [0.717, 1.165) is 18.5 Å². The normalized spacial score (nSPS) is 20.2. The van der Waals surface area contributed by atoms with E-state index in [4.69, 9.17) is 14.0 Å². The minimum absolute atomic E-state index is 0.129. The van der Waals surface area contributed by atoms with Crippen molar-refractivity contribution in [3.63, 3.8) is 0 Å². The third-order valence-electron chi connectivity index (χ3n) is 4.32. The fourth-order valence-corrected chi connectivity index (χ4v) is 2.45. The predicted molar refractivity (Wildman–Crippen MR) is 91.4 cm³/mol. The molecule has 1 saturated heterocycles. The van der Waals surface area contributed by atoms with Crippen LogP contribution in [0.1, 0.15) is 54.0 Å². The molecule has 0 bridgehead atoms. The molecule has 0 aromatic heterocycles. The van der Waals surface area contributed by atoms with Crippen molar-refractivity contribution in [3.05, 3.63) is 29.8 Å². The van der Waals surface area contributed by atoms with Crippen LogP contribution in [0, 0.1) is 0 Å². The van der Waals surface area contributed by atoms with Crippen LogP contribution >= 0.6 is 0 Å². The van der Waals surface area contributed by atoms with Crippen molar-refractivity contribution in [2.45, 2.75) is 78.0 Å². The largest absolute Gasteiger partial charge is 0.488 e. The molecule has 0 N–H and O–H groups in total. The lowest BCUT2D eigenvalue weighted by Crippen LogP contribution is -2.41. The van der Waals surface area contributed by atoms with Crippen LogP contribution in [0.2, 0.25) is 6.32 Å². The van der Waals surface area contributed by atoms with E-state index in [1.807, 2.05) is 12.1 Å². The molecule has 0 saturated carbocycles. The molecule has 1 aromatic carbocycles. The zero-order chi connectivity index (χ0) is 16.6. The Balaban J connectivity index is 1.88. The second-order valence-corrected chi connectivity index (χ2v) is 8.08. The van der Waals surface area contributed by atoms with E-state index in [9.17, 15) is 0 Å². The van der Waals surface area contributed by atoms with Gasteiger partial charge in [-0.05, 0) is 78.9 Å². The molecule has 122 valence electrons. The molecule has 1 aliphatic rings. The Bertz CT molecular complexity index is 484. The molecule has 1 fully saturated rings. The number of aryl methyl sites for hydroxylation is 1. The van der Waals surface area contributed by atoms with Crippen LogP contribution in [0.15, 0.2) is 24.3 Å². The molecule has 0 atom stereocenters. The quantitative estimate of drug-likeness (QED) is 0.767. The Kier molecular flexibility index (Phi) is 4.65. The van der Waals surface area contributed by atoms with Gasteiger partial charge in [0.05, 0.1) is 11.2 Å². The van der Waals surface area contributed by atoms with Crippen LogP contribution in [-0.4, -0.2) is 23.9 Å². The summed E-state index contributed by atoms with van der Waals surface area (Å²) in [6.45, 7) is 14.5. The molecular formula is C18H29BO3. The molecule has 3 nitrogen and oxygen atoms in total. The van der Waals surface area contributed by atoms with Crippen molar-refractivity contribution in [2.24, 2.45) is 0 Å². The van der Waals surface area contributed by atoms with Crippen LogP contribution in [0.5, 0.6) is 5.75 Å². The lowest BCUT2D eigenvalue weighted by molar-refractivity contribution is 0.00578. The summed E-state index contributed by atoms with van der Waals surface area (Å²) < 4.78 is 17.9. The van der Waals surface area contributed by atoms with Crippen LogP contribution in [0.3, 0.4) is 0 Å². The molecule has 2 rings (SSSR count). The van der Waals surface area contributed by atoms with E-state index in [1.165, 1.54) is 5.56 Å². The van der Waals surface area contributed by atoms with Crippen LogP contribution in [0.4, 0.5) is 0 Å². The third kappa shape index (κ3) is 4.27. The summed E-state index contributed by atoms with van der Waals surface area (Å²) in [6, 6.07) is 8.30. The highest BCUT2D eigenvalue weighted by molar-refractivity contribution is 6.45. The standard InChI is InChI=1S/C18H29BO3/c1-16(2,3)20-15-10-8-14(9-11-15)12-13-19-21-17(4,5)18(6,7)22-19/h8-11H,12-13H2,1-7H3. The maximum absolute atomic E-state index is 6.03. The molecule has 0 spiro atoms. The smallest absolute Gasteiger partial charge is 0.458 e. The van der Waals surface area contributed by atoms with Gasteiger partial charge in [0.15, 0.2) is 0 Å². The van der Waals surface area contributed by atoms with Crippen LogP contribution in [0.25, 0.3) is 0 Å². The van der Waals surface area contributed by atoms with E-state index < -0.39 is 0 Å². The van der Waals surface area contributed by atoms with Crippen LogP contribution < -0.4 is 4.74 Å². The summed E-state index contributed by atoms with van der Waals surface area (Å²) in [5.74, 6) is 0.909. The Morgan fingerprint density at radius 2 is 1.45 bits per heavy atom. The van der Waals surface area contributed by atoms with Gasteiger partial charge in [-0.2, -0.15) is 0 Å². The van der Waals surface area contributed by atoms with Gasteiger partial charge >= 0.3 is 7.12 Å². The molecule has 0 amide bonds. The average molecular weight is 304 g/mol. The number of benzene rings is 1. The predicted octanol–water partition coefficient (Wildman–Crippen LogP) is 4.50. The first-order chi connectivity index (χ1) is 9.98. The van der Waals surface area contributed by atoms with Gasteiger partial charge in [0, 0.05) is 0 Å². The Labute approximate surface area is 135 Å². The minimum Gasteiger partial charge on any atom is -0.488 e. The number of rotatable bonds is 4. The van der Waals surface area contributed by atoms with Gasteiger partial charge in [-0.25, -0.2) is 0 Å². The zero-order valence-electron chi connectivity index (χ0n) is 15.0. The number of hydrogen-bond acceptors (Lipinski definition) is 3. The lowest BCUT2D eigenvalue weighted by Gasteiger charge is -2.32. The molecule has 1 aromatic rings. The highest BCUT2D eigenvalue weighted by Crippen LogP contribution is 2.38. The first-order valence-corrected chi connectivity index (χ1v) is 8.12. The van der Waals surface area contributed by atoms with Gasteiger partial charge in [0.1, 0.15) is 11.4 Å². The Morgan fingerprint density at radius 3 is 1.91 bits per heavy atom. The van der Waals surface area contributed by atoms with Crippen molar-refractivity contribution in [3.8, 4) is 5.75 Å². The molecule has 0 unspecified atom stereocenters. The fourth-order valence-electron chi connectivity index (χ4n) is 2.45. The van der Waals surface area contributed by atoms with Crippen molar-refractivity contribution in [2.75, 3.05) is 0 Å². The minimum atomic E-state index is -0.248. The maximum atomic E-state index is 6.03. The van der Waals surface area contributed by atoms with E-state index in [2.05, 4.69) is 60.6 Å². The van der Waals surface area contributed by atoms with E-state index in [1.54, 1.807) is 0 Å². The van der Waals surface area contributed by atoms with Crippen molar-refractivity contribution in [1.82, 2.24) is 0 Å². The van der Waals surface area contributed by atoms with Crippen molar-refractivity contribution < 1.29 is 14.0 Å². The first-order valence-electron chi connectivity index (χ1n) is 8.12. The zero-order valence-corrected chi connectivity index (χ0v) is 15.0. The van der Waals surface area contributed by atoms with E-state index in [0.29, 0.717) is 0 Å². The second kappa shape index (κ2) is 5.90. The van der Waals surface area contributed by atoms with Gasteiger partial charge in [0.2, 0.25) is 0 Å². The van der Waals surface area contributed by atoms with Crippen LogP contribution in [-0.2, 0) is 15.7 Å². The third-order valence-corrected chi connectivity index (χ3v) is 4.32. The summed E-state index contributed by atoms with van der Waals surface area (Å²) in [5.41, 5.74) is 0.616. The maximum Gasteiger partial charge on any atom is 0.458 e. The summed E-state index contributed by atoms with van der Waals surface area (Å²) in [7, 11) is -0.129. The second-order valence-electron chi connectivity index (χ2n) is 8.08. The lowest BCUT2D eigenvalue weighted by atomic mass is 9.81. The molecule has 1 aliphatic heterocycles. The molecule has 4 heteroatoms. The van der Waals surface area contributed by atoms with Gasteiger partial charge < -0.3 is 14.0 Å².